The number of hydrogen-bond acceptors (Lipinski definition) is 1. The topological polar surface area (TPSA) is 3.24 Å². The Hall–Kier alpha value is -1.24. The SMILES string of the molecule is CN(C)c1ccc(C[Se]c2ccccc2)cc1. The number of benzene rings is 2. The molecule has 0 radical (unpaired) electrons. The molecule has 1 nitrogen and oxygen atoms in total. The van der Waals surface area contributed by atoms with E-state index in [1.54, 1.807) is 0 Å². The van der Waals surface area contributed by atoms with Gasteiger partial charge < -0.3 is 0 Å². The summed E-state index contributed by atoms with van der Waals surface area (Å²) in [4.78, 5) is 2.13. The van der Waals surface area contributed by atoms with Crippen molar-refractivity contribution in [2.24, 2.45) is 0 Å². The van der Waals surface area contributed by atoms with E-state index in [0.29, 0.717) is 15.0 Å². The van der Waals surface area contributed by atoms with Gasteiger partial charge in [-0.25, -0.2) is 0 Å². The molecule has 0 aliphatic carbocycles. The van der Waals surface area contributed by atoms with Crippen LogP contribution in [0.25, 0.3) is 0 Å². The molecular formula is C15H17NSe. The Balaban J connectivity index is 1.96. The number of hydrogen-bond donors (Lipinski definition) is 0. The van der Waals surface area contributed by atoms with E-state index in [1.807, 2.05) is 0 Å². The van der Waals surface area contributed by atoms with Gasteiger partial charge in [-0.2, -0.15) is 0 Å². The maximum atomic E-state index is 2.24. The molecule has 0 atom stereocenters. The van der Waals surface area contributed by atoms with E-state index in [1.165, 1.54) is 21.0 Å². The molecule has 0 bridgehead atoms. The molecule has 0 spiro atoms. The zero-order chi connectivity index (χ0) is 12.1. The van der Waals surface area contributed by atoms with Crippen LogP contribution in [0.5, 0.6) is 0 Å². The van der Waals surface area contributed by atoms with Gasteiger partial charge in [0.2, 0.25) is 0 Å². The minimum atomic E-state index is 0.543. The van der Waals surface area contributed by atoms with E-state index in [-0.39, 0.29) is 0 Å². The molecule has 0 aliphatic rings. The van der Waals surface area contributed by atoms with Crippen LogP contribution < -0.4 is 9.36 Å². The van der Waals surface area contributed by atoms with Crippen LogP contribution >= 0.6 is 0 Å². The van der Waals surface area contributed by atoms with Gasteiger partial charge in [-0.1, -0.05) is 0 Å². The first-order valence-electron chi connectivity index (χ1n) is 5.70. The Morgan fingerprint density at radius 2 is 1.53 bits per heavy atom. The van der Waals surface area contributed by atoms with Gasteiger partial charge in [-0.3, -0.25) is 0 Å². The summed E-state index contributed by atoms with van der Waals surface area (Å²) >= 11 is 0.543. The predicted molar refractivity (Wildman–Crippen MR) is 76.3 cm³/mol. The zero-order valence-corrected chi connectivity index (χ0v) is 12.0. The molecule has 0 fully saturated rings. The van der Waals surface area contributed by atoms with Crippen molar-refractivity contribution < 1.29 is 0 Å². The first-order valence-corrected chi connectivity index (χ1v) is 7.76. The summed E-state index contributed by atoms with van der Waals surface area (Å²) in [6, 6.07) is 19.6. The molecule has 17 heavy (non-hydrogen) atoms. The van der Waals surface area contributed by atoms with Crippen LogP contribution in [-0.4, -0.2) is 29.1 Å². The third-order valence-corrected chi connectivity index (χ3v) is 4.87. The van der Waals surface area contributed by atoms with Gasteiger partial charge in [0.15, 0.2) is 0 Å². The van der Waals surface area contributed by atoms with Crippen molar-refractivity contribution in [3.05, 3.63) is 60.2 Å². The van der Waals surface area contributed by atoms with E-state index < -0.39 is 0 Å². The predicted octanol–water partition coefficient (Wildman–Crippen LogP) is 2.28. The van der Waals surface area contributed by atoms with Gasteiger partial charge in [0, 0.05) is 0 Å². The van der Waals surface area contributed by atoms with Crippen molar-refractivity contribution in [1.82, 2.24) is 0 Å². The molecule has 2 heteroatoms. The van der Waals surface area contributed by atoms with Crippen LogP contribution in [0, 0.1) is 0 Å². The second kappa shape index (κ2) is 5.90. The fourth-order valence-corrected chi connectivity index (χ4v) is 3.41. The Bertz CT molecular complexity index is 448. The summed E-state index contributed by atoms with van der Waals surface area (Å²) in [5, 5.41) is 1.17. The number of nitrogens with zero attached hydrogens (tertiary/aromatic N) is 1. The molecule has 0 saturated carbocycles. The maximum absolute atomic E-state index is 2.24. The molecule has 0 N–H and O–H groups in total. The van der Waals surface area contributed by atoms with Crippen LogP contribution in [0.2, 0.25) is 0 Å². The molecule has 0 saturated heterocycles. The van der Waals surface area contributed by atoms with E-state index in [0.717, 1.165) is 0 Å². The zero-order valence-electron chi connectivity index (χ0n) is 10.3. The standard InChI is InChI=1S/C15H17NSe/c1-16(2)14-10-8-13(9-11-14)12-17-15-6-4-3-5-7-15/h3-11H,12H2,1-2H3. The Labute approximate surface area is 110 Å². The Kier molecular flexibility index (Phi) is 4.24. The molecule has 0 amide bonds. The molecule has 2 rings (SSSR count). The molecule has 0 aliphatic heterocycles. The van der Waals surface area contributed by atoms with E-state index in [4.69, 9.17) is 0 Å². The van der Waals surface area contributed by atoms with Crippen molar-refractivity contribution in [2.75, 3.05) is 19.0 Å². The fraction of sp³-hybridized carbons (Fsp3) is 0.200. The molecule has 2 aromatic rings. The monoisotopic (exact) mass is 291 g/mol. The van der Waals surface area contributed by atoms with Crippen molar-refractivity contribution in [3.8, 4) is 0 Å². The summed E-state index contributed by atoms with van der Waals surface area (Å²) < 4.78 is 1.47. The van der Waals surface area contributed by atoms with Gasteiger partial charge in [0.25, 0.3) is 0 Å². The minimum absolute atomic E-state index is 0.543. The third-order valence-electron chi connectivity index (χ3n) is 2.60. The second-order valence-corrected chi connectivity index (χ2v) is 6.36. The normalized spacial score (nSPS) is 10.2. The summed E-state index contributed by atoms with van der Waals surface area (Å²) in [5.74, 6) is 0. The molecule has 0 unspecified atom stereocenters. The van der Waals surface area contributed by atoms with E-state index in [9.17, 15) is 0 Å². The number of anilines is 1. The fourth-order valence-electron chi connectivity index (χ4n) is 1.57. The quantitative estimate of drug-likeness (QED) is 0.781. The van der Waals surface area contributed by atoms with Gasteiger partial charge in [0.1, 0.15) is 0 Å². The van der Waals surface area contributed by atoms with Crippen LogP contribution in [-0.2, 0) is 5.32 Å². The van der Waals surface area contributed by atoms with Gasteiger partial charge in [0.05, 0.1) is 0 Å². The second-order valence-electron chi connectivity index (χ2n) is 4.16. The van der Waals surface area contributed by atoms with Crippen molar-refractivity contribution in [1.29, 1.82) is 0 Å². The van der Waals surface area contributed by atoms with E-state index in [2.05, 4.69) is 73.6 Å². The summed E-state index contributed by atoms with van der Waals surface area (Å²) in [5.41, 5.74) is 2.69. The molecule has 0 heterocycles. The summed E-state index contributed by atoms with van der Waals surface area (Å²) in [6.07, 6.45) is 0. The average Bonchev–Trinajstić information content (AvgIpc) is 2.38. The van der Waals surface area contributed by atoms with Gasteiger partial charge in [-0.05, 0) is 0 Å². The molecule has 88 valence electrons. The summed E-state index contributed by atoms with van der Waals surface area (Å²) in [6.45, 7) is 0. The van der Waals surface area contributed by atoms with E-state index >= 15 is 0 Å². The molecular weight excluding hydrogens is 273 g/mol. The third kappa shape index (κ3) is 3.62. The van der Waals surface area contributed by atoms with Crippen molar-refractivity contribution in [2.45, 2.75) is 5.32 Å². The van der Waals surface area contributed by atoms with Gasteiger partial charge >= 0.3 is 110 Å². The first-order chi connectivity index (χ1) is 8.25. The molecule has 0 aromatic heterocycles. The van der Waals surface area contributed by atoms with Crippen LogP contribution in [0.1, 0.15) is 5.56 Å². The van der Waals surface area contributed by atoms with Crippen LogP contribution in [0.15, 0.2) is 54.6 Å². The van der Waals surface area contributed by atoms with Crippen molar-refractivity contribution in [3.63, 3.8) is 0 Å². The summed E-state index contributed by atoms with van der Waals surface area (Å²) in [7, 11) is 4.14. The first kappa shape index (κ1) is 12.2. The van der Waals surface area contributed by atoms with Gasteiger partial charge in [-0.15, -0.1) is 0 Å². The molecule has 2 aromatic carbocycles. The van der Waals surface area contributed by atoms with Crippen LogP contribution in [0.4, 0.5) is 5.69 Å². The average molecular weight is 290 g/mol. The van der Waals surface area contributed by atoms with Crippen molar-refractivity contribution >= 4 is 25.1 Å². The number of rotatable bonds is 4. The van der Waals surface area contributed by atoms with Crippen LogP contribution in [0.3, 0.4) is 0 Å². The Morgan fingerprint density at radius 3 is 2.12 bits per heavy atom. The Morgan fingerprint density at radius 1 is 0.882 bits per heavy atom.